The lowest BCUT2D eigenvalue weighted by Crippen LogP contribution is -2.47. The van der Waals surface area contributed by atoms with Gasteiger partial charge in [0.2, 0.25) is 5.95 Å². The molecule has 1 aromatic heterocycles. The molecule has 10 nitrogen and oxygen atoms in total. The van der Waals surface area contributed by atoms with E-state index in [2.05, 4.69) is 24.5 Å². The number of H-pyrrole nitrogens is 1. The van der Waals surface area contributed by atoms with Gasteiger partial charge in [0.1, 0.15) is 5.52 Å². The number of nitrogens with one attached hydrogen (secondary N) is 2. The largest absolute Gasteiger partial charge is 0.410 e. The van der Waals surface area contributed by atoms with E-state index >= 15 is 0 Å². The topological polar surface area (TPSA) is 134 Å². The second-order valence-electron chi connectivity index (χ2n) is 8.83. The van der Waals surface area contributed by atoms with Crippen molar-refractivity contribution in [3.8, 4) is 5.75 Å². The van der Waals surface area contributed by atoms with Gasteiger partial charge in [-0.15, -0.1) is 0 Å². The third kappa shape index (κ3) is 5.84. The number of ether oxygens (including phenoxy) is 1. The van der Waals surface area contributed by atoms with Crippen LogP contribution in [0.3, 0.4) is 0 Å². The Kier molecular flexibility index (Phi) is 6.97. The van der Waals surface area contributed by atoms with E-state index < -0.39 is 16.1 Å². The minimum atomic E-state index is -3.60. The van der Waals surface area contributed by atoms with Crippen molar-refractivity contribution in [2.45, 2.75) is 11.3 Å². The summed E-state index contributed by atoms with van der Waals surface area (Å²) in [6, 6.07) is 21.2. The fourth-order valence-electron chi connectivity index (χ4n) is 4.36. The molecule has 0 atom stereocenters. The number of aromatic amines is 1. The number of nitrogens with two attached hydrogens (primary N) is 1. The molecular formula is C26H28N6O4S. The first-order valence-corrected chi connectivity index (χ1v) is 13.5. The number of sulfonamides is 1. The Labute approximate surface area is 215 Å². The maximum atomic E-state index is 12.5. The first kappa shape index (κ1) is 24.6. The first-order valence-electron chi connectivity index (χ1n) is 12.0. The summed E-state index contributed by atoms with van der Waals surface area (Å²) in [5, 5.41) is 0. The average molecular weight is 521 g/mol. The lowest BCUT2D eigenvalue weighted by molar-refractivity contribution is 0.211. The zero-order valence-electron chi connectivity index (χ0n) is 20.1. The van der Waals surface area contributed by atoms with Gasteiger partial charge in [0.05, 0.1) is 10.4 Å². The van der Waals surface area contributed by atoms with E-state index in [9.17, 15) is 13.2 Å². The predicted molar refractivity (Wildman–Crippen MR) is 142 cm³/mol. The summed E-state index contributed by atoms with van der Waals surface area (Å²) in [4.78, 5) is 23.9. The molecule has 0 radical (unpaired) electrons. The Hall–Kier alpha value is -4.09. The SMILES string of the molecule is NC(=O)Oc1cccc2[nH]c(N3CCN(CCc4ccc(NS(=O)(=O)c5ccccc5)cc4)CC3)nc12. The van der Waals surface area contributed by atoms with Crippen LogP contribution in [0.2, 0.25) is 0 Å². The summed E-state index contributed by atoms with van der Waals surface area (Å²) in [6.07, 6.45) is -0.00162. The zero-order valence-corrected chi connectivity index (χ0v) is 20.9. The minimum Gasteiger partial charge on any atom is -0.408 e. The first-order chi connectivity index (χ1) is 17.9. The molecule has 1 aliphatic heterocycles. The molecule has 3 aromatic carbocycles. The van der Waals surface area contributed by atoms with E-state index in [1.807, 2.05) is 18.2 Å². The van der Waals surface area contributed by atoms with Crippen LogP contribution in [0.4, 0.5) is 16.4 Å². The molecule has 5 rings (SSSR count). The Bertz CT molecular complexity index is 1480. The highest BCUT2D eigenvalue weighted by molar-refractivity contribution is 7.92. The molecule has 0 bridgehead atoms. The quantitative estimate of drug-likeness (QED) is 0.325. The highest BCUT2D eigenvalue weighted by atomic mass is 32.2. The van der Waals surface area contributed by atoms with Crippen molar-refractivity contribution in [1.82, 2.24) is 14.9 Å². The summed E-state index contributed by atoms with van der Waals surface area (Å²) >= 11 is 0. The molecule has 192 valence electrons. The van der Waals surface area contributed by atoms with Gasteiger partial charge in [0.15, 0.2) is 5.75 Å². The van der Waals surface area contributed by atoms with Crippen LogP contribution in [0.25, 0.3) is 11.0 Å². The normalized spacial score (nSPS) is 14.5. The lowest BCUT2D eigenvalue weighted by Gasteiger charge is -2.34. The van der Waals surface area contributed by atoms with E-state index in [1.165, 1.54) is 0 Å². The van der Waals surface area contributed by atoms with Gasteiger partial charge in [-0.05, 0) is 48.4 Å². The number of anilines is 2. The van der Waals surface area contributed by atoms with E-state index in [-0.39, 0.29) is 4.90 Å². The molecule has 0 unspecified atom stereocenters. The number of aromatic nitrogens is 2. The van der Waals surface area contributed by atoms with Crippen LogP contribution in [-0.4, -0.2) is 62.1 Å². The monoisotopic (exact) mass is 520 g/mol. The number of hydrogen-bond acceptors (Lipinski definition) is 7. The Morgan fingerprint density at radius 1 is 0.973 bits per heavy atom. The van der Waals surface area contributed by atoms with Crippen molar-refractivity contribution in [1.29, 1.82) is 0 Å². The van der Waals surface area contributed by atoms with Gasteiger partial charge in [-0.3, -0.25) is 9.62 Å². The number of carbonyl (C=O) groups is 1. The molecule has 0 spiro atoms. The third-order valence-corrected chi connectivity index (χ3v) is 7.72. The molecule has 1 aliphatic rings. The van der Waals surface area contributed by atoms with Crippen LogP contribution in [0.15, 0.2) is 77.7 Å². The smallest absolute Gasteiger partial charge is 0.408 e. The van der Waals surface area contributed by atoms with E-state index in [1.54, 1.807) is 54.6 Å². The fraction of sp³-hybridized carbons (Fsp3) is 0.231. The highest BCUT2D eigenvalue weighted by Gasteiger charge is 2.21. The molecule has 0 aliphatic carbocycles. The number of rotatable bonds is 8. The summed E-state index contributed by atoms with van der Waals surface area (Å²) in [5.41, 5.74) is 8.20. The van der Waals surface area contributed by atoms with Crippen molar-refractivity contribution in [3.63, 3.8) is 0 Å². The number of amides is 1. The summed E-state index contributed by atoms with van der Waals surface area (Å²) in [7, 11) is -3.60. The second kappa shape index (κ2) is 10.5. The van der Waals surface area contributed by atoms with Crippen LogP contribution < -0.4 is 20.1 Å². The molecule has 1 fully saturated rings. The second-order valence-corrected chi connectivity index (χ2v) is 10.5. The summed E-state index contributed by atoms with van der Waals surface area (Å²) < 4.78 is 32.7. The Balaban J connectivity index is 1.13. The molecule has 4 N–H and O–H groups in total. The number of hydrogen-bond donors (Lipinski definition) is 3. The van der Waals surface area contributed by atoms with Crippen molar-refractivity contribution in [2.24, 2.45) is 5.73 Å². The Morgan fingerprint density at radius 3 is 2.41 bits per heavy atom. The zero-order chi connectivity index (χ0) is 25.8. The number of carbonyl (C=O) groups excluding carboxylic acids is 1. The molecule has 1 amide bonds. The standard InChI is InChI=1S/C26H28N6O4S/c27-25(33)36-23-8-4-7-22-24(23)29-26(28-22)32-17-15-31(16-18-32)14-13-19-9-11-20(12-10-19)30-37(34,35)21-5-2-1-3-6-21/h1-12,30H,13-18H2,(H2,27,33)(H,28,29). The Morgan fingerprint density at radius 2 is 1.70 bits per heavy atom. The summed E-state index contributed by atoms with van der Waals surface area (Å²) in [5.74, 6) is 1.08. The maximum absolute atomic E-state index is 12.5. The number of primary amides is 1. The van der Waals surface area contributed by atoms with Gasteiger partial charge in [0.25, 0.3) is 10.0 Å². The van der Waals surface area contributed by atoms with E-state index in [0.29, 0.717) is 17.0 Å². The molecule has 4 aromatic rings. The van der Waals surface area contributed by atoms with Crippen molar-refractivity contribution in [2.75, 3.05) is 42.3 Å². The molecule has 1 saturated heterocycles. The molecule has 2 heterocycles. The molecule has 37 heavy (non-hydrogen) atoms. The van der Waals surface area contributed by atoms with Gasteiger partial charge in [-0.25, -0.2) is 18.2 Å². The third-order valence-electron chi connectivity index (χ3n) is 6.32. The minimum absolute atomic E-state index is 0.236. The lowest BCUT2D eigenvalue weighted by atomic mass is 10.1. The number of piperazine rings is 1. The predicted octanol–water partition coefficient (Wildman–Crippen LogP) is 3.19. The summed E-state index contributed by atoms with van der Waals surface area (Å²) in [6.45, 7) is 4.30. The van der Waals surface area contributed by atoms with Gasteiger partial charge in [0, 0.05) is 38.4 Å². The van der Waals surface area contributed by atoms with Crippen molar-refractivity contribution >= 4 is 38.8 Å². The van der Waals surface area contributed by atoms with Crippen LogP contribution in [0, 0.1) is 0 Å². The number of imidazole rings is 1. The van der Waals surface area contributed by atoms with Crippen LogP contribution >= 0.6 is 0 Å². The fourth-order valence-corrected chi connectivity index (χ4v) is 5.44. The molecular weight excluding hydrogens is 492 g/mol. The van der Waals surface area contributed by atoms with E-state index in [0.717, 1.165) is 56.2 Å². The molecule has 0 saturated carbocycles. The number of fused-ring (bicyclic) bond motifs is 1. The highest BCUT2D eigenvalue weighted by Crippen LogP contribution is 2.27. The van der Waals surface area contributed by atoms with Crippen LogP contribution in [-0.2, 0) is 16.4 Å². The maximum Gasteiger partial charge on any atom is 0.410 e. The number of para-hydroxylation sites is 1. The average Bonchev–Trinajstić information content (AvgIpc) is 3.34. The van der Waals surface area contributed by atoms with Gasteiger partial charge in [-0.2, -0.15) is 0 Å². The van der Waals surface area contributed by atoms with Crippen LogP contribution in [0.1, 0.15) is 5.56 Å². The number of nitrogens with zero attached hydrogens (tertiary/aromatic N) is 3. The van der Waals surface area contributed by atoms with Gasteiger partial charge >= 0.3 is 6.09 Å². The van der Waals surface area contributed by atoms with E-state index in [4.69, 9.17) is 10.5 Å². The van der Waals surface area contributed by atoms with Crippen molar-refractivity contribution in [3.05, 3.63) is 78.4 Å². The van der Waals surface area contributed by atoms with Gasteiger partial charge in [-0.1, -0.05) is 36.4 Å². The molecule has 11 heteroatoms. The van der Waals surface area contributed by atoms with Gasteiger partial charge < -0.3 is 20.4 Å². The van der Waals surface area contributed by atoms with Crippen LogP contribution in [0.5, 0.6) is 5.75 Å². The van der Waals surface area contributed by atoms with Crippen molar-refractivity contribution < 1.29 is 17.9 Å². The number of benzene rings is 3.